The van der Waals surface area contributed by atoms with Crippen molar-refractivity contribution in [3.8, 4) is 0 Å². The van der Waals surface area contributed by atoms with Gasteiger partial charge in [0.2, 0.25) is 0 Å². The van der Waals surface area contributed by atoms with Crippen molar-refractivity contribution in [2.24, 2.45) is 0 Å². The van der Waals surface area contributed by atoms with Crippen LogP contribution in [0.1, 0.15) is 18.1 Å². The van der Waals surface area contributed by atoms with Crippen LogP contribution in [0.3, 0.4) is 0 Å². The normalized spacial score (nSPS) is 17.1. The average molecular weight is 285 g/mol. The first-order valence-electron chi connectivity index (χ1n) is 6.91. The fourth-order valence-electron chi connectivity index (χ4n) is 2.35. The van der Waals surface area contributed by atoms with E-state index in [1.165, 1.54) is 21.7 Å². The summed E-state index contributed by atoms with van der Waals surface area (Å²) in [6.45, 7) is 3.09. The zero-order valence-electron chi connectivity index (χ0n) is 11.8. The van der Waals surface area contributed by atoms with E-state index in [0.717, 1.165) is 13.0 Å². The SMILES string of the molecule is CCc1ccc2c(c1)SC(N(C)Cc1cccnc1)N2. The third-order valence-electron chi connectivity index (χ3n) is 3.53. The van der Waals surface area contributed by atoms with Crippen molar-refractivity contribution in [2.75, 3.05) is 12.4 Å². The van der Waals surface area contributed by atoms with Crippen LogP contribution < -0.4 is 5.32 Å². The van der Waals surface area contributed by atoms with Gasteiger partial charge in [0, 0.05) is 29.5 Å². The molecular formula is C16H19N3S. The van der Waals surface area contributed by atoms with Crippen LogP contribution in [0.5, 0.6) is 0 Å². The summed E-state index contributed by atoms with van der Waals surface area (Å²) in [5, 5.41) is 3.57. The van der Waals surface area contributed by atoms with Gasteiger partial charge in [-0.25, -0.2) is 0 Å². The summed E-state index contributed by atoms with van der Waals surface area (Å²) in [7, 11) is 2.14. The standard InChI is InChI=1S/C16H19N3S/c1-3-12-6-7-14-15(9-12)20-16(18-14)19(2)11-13-5-4-8-17-10-13/h4-10,16,18H,3,11H2,1-2H3. The Morgan fingerprint density at radius 3 is 2.95 bits per heavy atom. The number of fused-ring (bicyclic) bond motifs is 1. The van der Waals surface area contributed by atoms with E-state index >= 15 is 0 Å². The maximum Gasteiger partial charge on any atom is 0.133 e. The molecule has 3 nitrogen and oxygen atoms in total. The van der Waals surface area contributed by atoms with Crippen LogP contribution in [-0.4, -0.2) is 22.4 Å². The van der Waals surface area contributed by atoms with Gasteiger partial charge in [0.15, 0.2) is 0 Å². The number of aromatic nitrogens is 1. The van der Waals surface area contributed by atoms with Crippen LogP contribution in [0.15, 0.2) is 47.6 Å². The van der Waals surface area contributed by atoms with E-state index in [0.29, 0.717) is 0 Å². The number of hydrogen-bond donors (Lipinski definition) is 1. The maximum absolute atomic E-state index is 4.17. The lowest BCUT2D eigenvalue weighted by atomic mass is 10.1. The first kappa shape index (κ1) is 13.5. The molecule has 0 amide bonds. The highest BCUT2D eigenvalue weighted by Crippen LogP contribution is 2.40. The molecule has 1 aliphatic heterocycles. The number of nitrogens with zero attached hydrogens (tertiary/aromatic N) is 2. The number of thioether (sulfide) groups is 1. The minimum atomic E-state index is 0.289. The second kappa shape index (κ2) is 5.85. The van der Waals surface area contributed by atoms with Crippen molar-refractivity contribution in [2.45, 2.75) is 30.3 Å². The quantitative estimate of drug-likeness (QED) is 0.929. The first-order valence-corrected chi connectivity index (χ1v) is 7.79. The van der Waals surface area contributed by atoms with Gasteiger partial charge in [-0.15, -0.1) is 0 Å². The molecule has 0 saturated heterocycles. The van der Waals surface area contributed by atoms with Crippen molar-refractivity contribution in [3.05, 3.63) is 53.9 Å². The van der Waals surface area contributed by atoms with Gasteiger partial charge in [0.05, 0.1) is 0 Å². The molecule has 0 bridgehead atoms. The summed E-state index contributed by atoms with van der Waals surface area (Å²) in [6, 6.07) is 10.8. The number of anilines is 1. The van der Waals surface area contributed by atoms with Crippen LogP contribution in [0.4, 0.5) is 5.69 Å². The van der Waals surface area contributed by atoms with Gasteiger partial charge in [0.1, 0.15) is 5.50 Å². The molecule has 2 heterocycles. The summed E-state index contributed by atoms with van der Waals surface area (Å²) in [5.74, 6) is 0. The van der Waals surface area contributed by atoms with Crippen molar-refractivity contribution in [3.63, 3.8) is 0 Å². The van der Waals surface area contributed by atoms with Gasteiger partial charge in [-0.1, -0.05) is 30.8 Å². The fraction of sp³-hybridized carbons (Fsp3) is 0.312. The van der Waals surface area contributed by atoms with E-state index in [4.69, 9.17) is 0 Å². The predicted octanol–water partition coefficient (Wildman–Crippen LogP) is 3.58. The van der Waals surface area contributed by atoms with Crippen LogP contribution in [0, 0.1) is 0 Å². The lowest BCUT2D eigenvalue weighted by Crippen LogP contribution is -2.32. The maximum atomic E-state index is 4.17. The third kappa shape index (κ3) is 2.81. The molecule has 3 rings (SSSR count). The topological polar surface area (TPSA) is 28.2 Å². The summed E-state index contributed by atoms with van der Waals surface area (Å²) < 4.78 is 0. The summed E-state index contributed by atoms with van der Waals surface area (Å²) in [4.78, 5) is 7.84. The molecule has 104 valence electrons. The second-order valence-electron chi connectivity index (χ2n) is 5.08. The molecule has 0 saturated carbocycles. The smallest absolute Gasteiger partial charge is 0.133 e. The Balaban J connectivity index is 1.68. The summed E-state index contributed by atoms with van der Waals surface area (Å²) in [5.41, 5.74) is 4.17. The molecule has 1 aliphatic rings. The van der Waals surface area contributed by atoms with Gasteiger partial charge in [-0.2, -0.15) is 0 Å². The Labute approximate surface area is 124 Å². The number of rotatable bonds is 4. The van der Waals surface area contributed by atoms with E-state index < -0.39 is 0 Å². The largest absolute Gasteiger partial charge is 0.360 e. The molecule has 0 radical (unpaired) electrons. The van der Waals surface area contributed by atoms with Gasteiger partial charge in [-0.3, -0.25) is 9.88 Å². The van der Waals surface area contributed by atoms with Crippen molar-refractivity contribution >= 4 is 17.4 Å². The summed E-state index contributed by atoms with van der Waals surface area (Å²) in [6.07, 6.45) is 4.83. The number of hydrogen-bond acceptors (Lipinski definition) is 4. The molecule has 1 atom stereocenters. The zero-order chi connectivity index (χ0) is 13.9. The van der Waals surface area contributed by atoms with Crippen molar-refractivity contribution in [1.29, 1.82) is 0 Å². The van der Waals surface area contributed by atoms with Gasteiger partial charge in [0.25, 0.3) is 0 Å². The fourth-order valence-corrected chi connectivity index (χ4v) is 3.50. The van der Waals surface area contributed by atoms with Crippen LogP contribution in [0.25, 0.3) is 0 Å². The molecule has 1 N–H and O–H groups in total. The second-order valence-corrected chi connectivity index (χ2v) is 6.20. The minimum Gasteiger partial charge on any atom is -0.360 e. The molecule has 1 unspecified atom stereocenters. The molecule has 1 aromatic heterocycles. The van der Waals surface area contributed by atoms with E-state index in [9.17, 15) is 0 Å². The Bertz CT molecular complexity index is 586. The lowest BCUT2D eigenvalue weighted by molar-refractivity contribution is 0.327. The Kier molecular flexibility index (Phi) is 3.94. The molecular weight excluding hydrogens is 266 g/mol. The highest BCUT2D eigenvalue weighted by molar-refractivity contribution is 8.00. The van der Waals surface area contributed by atoms with E-state index in [1.807, 2.05) is 30.2 Å². The molecule has 0 aliphatic carbocycles. The number of benzene rings is 1. The van der Waals surface area contributed by atoms with Crippen molar-refractivity contribution < 1.29 is 0 Å². The first-order chi connectivity index (χ1) is 9.76. The molecule has 2 aromatic rings. The lowest BCUT2D eigenvalue weighted by Gasteiger charge is -2.23. The van der Waals surface area contributed by atoms with Gasteiger partial charge in [-0.05, 0) is 42.8 Å². The van der Waals surface area contributed by atoms with Crippen molar-refractivity contribution in [1.82, 2.24) is 9.88 Å². The molecule has 4 heteroatoms. The highest BCUT2D eigenvalue weighted by Gasteiger charge is 2.24. The van der Waals surface area contributed by atoms with Gasteiger partial charge < -0.3 is 5.32 Å². The highest BCUT2D eigenvalue weighted by atomic mass is 32.2. The van der Waals surface area contributed by atoms with Crippen LogP contribution >= 0.6 is 11.8 Å². The number of nitrogens with one attached hydrogen (secondary N) is 1. The van der Waals surface area contributed by atoms with E-state index in [1.54, 1.807) is 0 Å². The Hall–Kier alpha value is -1.52. The monoisotopic (exact) mass is 285 g/mol. The predicted molar refractivity (Wildman–Crippen MR) is 84.8 cm³/mol. The van der Waals surface area contributed by atoms with Gasteiger partial charge >= 0.3 is 0 Å². The minimum absolute atomic E-state index is 0.289. The number of aryl methyl sites for hydroxylation is 1. The summed E-state index contributed by atoms with van der Waals surface area (Å²) >= 11 is 1.89. The van der Waals surface area contributed by atoms with E-state index in [-0.39, 0.29) is 5.50 Å². The van der Waals surface area contributed by atoms with E-state index in [2.05, 4.69) is 53.4 Å². The zero-order valence-corrected chi connectivity index (χ0v) is 12.7. The third-order valence-corrected chi connectivity index (χ3v) is 4.82. The molecule has 0 fully saturated rings. The molecule has 1 aromatic carbocycles. The van der Waals surface area contributed by atoms with Crippen LogP contribution in [0.2, 0.25) is 0 Å². The molecule has 20 heavy (non-hydrogen) atoms. The Morgan fingerprint density at radius 2 is 2.20 bits per heavy atom. The Morgan fingerprint density at radius 1 is 1.30 bits per heavy atom. The van der Waals surface area contributed by atoms with Crippen LogP contribution in [-0.2, 0) is 13.0 Å². The average Bonchev–Trinajstić information content (AvgIpc) is 2.91. The molecule has 0 spiro atoms. The number of pyridine rings is 1.